The summed E-state index contributed by atoms with van der Waals surface area (Å²) in [4.78, 5) is 13.3. The first-order chi connectivity index (χ1) is 6.81. The van der Waals surface area contributed by atoms with E-state index in [1.54, 1.807) is 24.3 Å². The highest BCUT2D eigenvalue weighted by Gasteiger charge is 2.07. The van der Waals surface area contributed by atoms with Crippen LogP contribution in [0.25, 0.3) is 0 Å². The minimum absolute atomic E-state index is 0.500. The van der Waals surface area contributed by atoms with Crippen LogP contribution >= 0.6 is 0 Å². The molecule has 4 nitrogen and oxygen atoms in total. The predicted octanol–water partition coefficient (Wildman–Crippen LogP) is 1.46. The van der Waals surface area contributed by atoms with E-state index in [0.29, 0.717) is 11.1 Å². The smallest absolute Gasteiger partial charge is 0.211 e. The summed E-state index contributed by atoms with van der Waals surface area (Å²) in [5.74, 6) is 0. The molecule has 0 bridgehead atoms. The Morgan fingerprint density at radius 3 is 2.29 bits per heavy atom. The van der Waals surface area contributed by atoms with Crippen LogP contribution in [0.4, 0.5) is 0 Å². The first-order valence-electron chi connectivity index (χ1n) is 3.78. The fourth-order valence-corrected chi connectivity index (χ4v) is 0.971. The first kappa shape index (κ1) is 9.67. The van der Waals surface area contributed by atoms with Gasteiger partial charge in [0.1, 0.15) is 0 Å². The van der Waals surface area contributed by atoms with Crippen molar-refractivity contribution in [2.45, 2.75) is 6.04 Å². The minimum atomic E-state index is -0.833. The summed E-state index contributed by atoms with van der Waals surface area (Å²) in [7, 11) is 0. The molecule has 0 N–H and O–H groups in total. The van der Waals surface area contributed by atoms with Crippen molar-refractivity contribution < 1.29 is 4.79 Å². The van der Waals surface area contributed by atoms with Crippen LogP contribution in [0.5, 0.6) is 0 Å². The van der Waals surface area contributed by atoms with Crippen LogP contribution in [-0.4, -0.2) is 6.08 Å². The highest BCUT2D eigenvalue weighted by atomic mass is 16.1. The summed E-state index contributed by atoms with van der Waals surface area (Å²) < 4.78 is 0. The van der Waals surface area contributed by atoms with Gasteiger partial charge in [0, 0.05) is 0 Å². The SMILES string of the molecule is N#Cc1ccc(C(C#N)N=C=O)cc1. The van der Waals surface area contributed by atoms with E-state index in [2.05, 4.69) is 4.99 Å². The fraction of sp³-hybridized carbons (Fsp3) is 0.100. The van der Waals surface area contributed by atoms with Crippen LogP contribution in [0.15, 0.2) is 29.3 Å². The van der Waals surface area contributed by atoms with Crippen molar-refractivity contribution >= 4 is 6.08 Å². The van der Waals surface area contributed by atoms with Crippen molar-refractivity contribution in [3.63, 3.8) is 0 Å². The Labute approximate surface area is 80.7 Å². The van der Waals surface area contributed by atoms with E-state index in [4.69, 9.17) is 10.5 Å². The van der Waals surface area contributed by atoms with Crippen molar-refractivity contribution in [1.29, 1.82) is 10.5 Å². The topological polar surface area (TPSA) is 77.0 Å². The fourth-order valence-electron chi connectivity index (χ4n) is 0.971. The van der Waals surface area contributed by atoms with E-state index in [0.717, 1.165) is 0 Å². The second-order valence-electron chi connectivity index (χ2n) is 2.49. The van der Waals surface area contributed by atoms with Gasteiger partial charge in [0.2, 0.25) is 6.08 Å². The lowest BCUT2D eigenvalue weighted by Gasteiger charge is -2.00. The molecule has 66 valence electrons. The van der Waals surface area contributed by atoms with Crippen molar-refractivity contribution in [2.75, 3.05) is 0 Å². The Hall–Kier alpha value is -2.42. The number of isocyanates is 1. The molecule has 0 aliphatic rings. The summed E-state index contributed by atoms with van der Waals surface area (Å²) in [6.45, 7) is 0. The van der Waals surface area contributed by atoms with Gasteiger partial charge in [0.05, 0.1) is 17.7 Å². The monoisotopic (exact) mass is 183 g/mol. The van der Waals surface area contributed by atoms with E-state index in [1.807, 2.05) is 12.1 Å². The zero-order chi connectivity index (χ0) is 10.4. The first-order valence-corrected chi connectivity index (χ1v) is 3.78. The third-order valence-corrected chi connectivity index (χ3v) is 1.66. The molecule has 4 heteroatoms. The van der Waals surface area contributed by atoms with Gasteiger partial charge in [-0.15, -0.1) is 0 Å². The highest BCUT2D eigenvalue weighted by Crippen LogP contribution is 2.15. The van der Waals surface area contributed by atoms with E-state index in [-0.39, 0.29) is 0 Å². The molecule has 0 saturated heterocycles. The molecular weight excluding hydrogens is 178 g/mol. The highest BCUT2D eigenvalue weighted by molar-refractivity contribution is 5.39. The molecule has 0 aromatic heterocycles. The quantitative estimate of drug-likeness (QED) is 0.514. The van der Waals surface area contributed by atoms with Gasteiger partial charge in [-0.2, -0.15) is 15.5 Å². The van der Waals surface area contributed by atoms with Crippen LogP contribution in [0, 0.1) is 22.7 Å². The molecule has 0 saturated carbocycles. The zero-order valence-corrected chi connectivity index (χ0v) is 7.14. The maximum Gasteiger partial charge on any atom is 0.236 e. The van der Waals surface area contributed by atoms with Gasteiger partial charge >= 0.3 is 0 Å². The van der Waals surface area contributed by atoms with Gasteiger partial charge in [-0.3, -0.25) is 0 Å². The number of nitrogens with zero attached hydrogens (tertiary/aromatic N) is 3. The normalized spacial score (nSPS) is 10.4. The lowest BCUT2D eigenvalue weighted by molar-refractivity contribution is 0.561. The third kappa shape index (κ3) is 2.04. The maximum atomic E-state index is 9.98. The third-order valence-electron chi connectivity index (χ3n) is 1.66. The van der Waals surface area contributed by atoms with E-state index in [1.165, 1.54) is 6.08 Å². The zero-order valence-electron chi connectivity index (χ0n) is 7.14. The number of benzene rings is 1. The maximum absolute atomic E-state index is 9.98. The summed E-state index contributed by atoms with van der Waals surface area (Å²) in [5.41, 5.74) is 1.08. The van der Waals surface area contributed by atoms with E-state index >= 15 is 0 Å². The molecule has 1 aromatic carbocycles. The Morgan fingerprint density at radius 2 is 1.86 bits per heavy atom. The molecule has 1 atom stereocenters. The van der Waals surface area contributed by atoms with Gasteiger partial charge in [0.25, 0.3) is 0 Å². The average Bonchev–Trinajstić information content (AvgIpc) is 2.26. The number of carbonyl (C=O) groups excluding carboxylic acids is 1. The summed E-state index contributed by atoms with van der Waals surface area (Å²) in [6, 6.07) is 9.28. The van der Waals surface area contributed by atoms with Crippen LogP contribution in [0.2, 0.25) is 0 Å². The molecule has 1 unspecified atom stereocenters. The van der Waals surface area contributed by atoms with Gasteiger partial charge in [-0.05, 0) is 17.7 Å². The molecule has 0 aliphatic heterocycles. The van der Waals surface area contributed by atoms with Gasteiger partial charge in [-0.25, -0.2) is 4.79 Å². The molecular formula is C10H5N3O. The number of nitriles is 2. The second kappa shape index (κ2) is 4.57. The molecule has 0 heterocycles. The predicted molar refractivity (Wildman–Crippen MR) is 47.6 cm³/mol. The molecule has 0 aliphatic carbocycles. The van der Waals surface area contributed by atoms with Gasteiger partial charge in [-0.1, -0.05) is 12.1 Å². The number of rotatable bonds is 2. The van der Waals surface area contributed by atoms with Crippen LogP contribution in [0.3, 0.4) is 0 Å². The Morgan fingerprint density at radius 1 is 1.21 bits per heavy atom. The molecule has 0 amide bonds. The molecule has 0 spiro atoms. The molecule has 0 radical (unpaired) electrons. The minimum Gasteiger partial charge on any atom is -0.211 e. The Balaban J connectivity index is 3.03. The molecule has 1 rings (SSSR count). The van der Waals surface area contributed by atoms with Crippen molar-refractivity contribution in [3.05, 3.63) is 35.4 Å². The van der Waals surface area contributed by atoms with Gasteiger partial charge in [0.15, 0.2) is 6.04 Å². The number of hydrogen-bond acceptors (Lipinski definition) is 4. The van der Waals surface area contributed by atoms with Crippen LogP contribution in [0.1, 0.15) is 17.2 Å². The molecule has 14 heavy (non-hydrogen) atoms. The van der Waals surface area contributed by atoms with Crippen LogP contribution < -0.4 is 0 Å². The Kier molecular flexibility index (Phi) is 3.15. The lowest BCUT2D eigenvalue weighted by Crippen LogP contribution is -1.91. The lowest BCUT2D eigenvalue weighted by atomic mass is 10.1. The van der Waals surface area contributed by atoms with Crippen molar-refractivity contribution in [2.24, 2.45) is 4.99 Å². The number of hydrogen-bond donors (Lipinski definition) is 0. The van der Waals surface area contributed by atoms with Gasteiger partial charge < -0.3 is 0 Å². The largest absolute Gasteiger partial charge is 0.236 e. The Bertz CT molecular complexity index is 444. The van der Waals surface area contributed by atoms with Crippen LogP contribution in [-0.2, 0) is 4.79 Å². The summed E-state index contributed by atoms with van der Waals surface area (Å²) in [6.07, 6.45) is 1.33. The molecule has 1 aromatic rings. The average molecular weight is 183 g/mol. The second-order valence-corrected chi connectivity index (χ2v) is 2.49. The number of aliphatic imine (C=N–C) groups is 1. The van der Waals surface area contributed by atoms with Crippen molar-refractivity contribution in [1.82, 2.24) is 0 Å². The molecule has 0 fully saturated rings. The standard InChI is InChI=1S/C10H5N3O/c11-5-8-1-3-9(4-2-8)10(6-12)13-7-14/h1-4,10H. The summed E-state index contributed by atoms with van der Waals surface area (Å²) >= 11 is 0. The van der Waals surface area contributed by atoms with Crippen molar-refractivity contribution in [3.8, 4) is 12.1 Å². The summed E-state index contributed by atoms with van der Waals surface area (Å²) in [5, 5.41) is 17.2. The van der Waals surface area contributed by atoms with E-state index < -0.39 is 6.04 Å². The van der Waals surface area contributed by atoms with E-state index in [9.17, 15) is 4.79 Å².